The second-order valence-corrected chi connectivity index (χ2v) is 5.26. The molecule has 21 heavy (non-hydrogen) atoms. The zero-order chi connectivity index (χ0) is 15.6. The van der Waals surface area contributed by atoms with Gasteiger partial charge in [0.2, 0.25) is 0 Å². The van der Waals surface area contributed by atoms with E-state index >= 15 is 0 Å². The summed E-state index contributed by atoms with van der Waals surface area (Å²) in [6.07, 6.45) is 2.11. The third-order valence-electron chi connectivity index (χ3n) is 3.11. The van der Waals surface area contributed by atoms with Crippen molar-refractivity contribution in [3.8, 4) is 0 Å². The van der Waals surface area contributed by atoms with Gasteiger partial charge in [0.1, 0.15) is 4.60 Å². The summed E-state index contributed by atoms with van der Waals surface area (Å²) in [7, 11) is 1.72. The number of carbonyl (C=O) groups excluding carboxylic acids is 1. The molecule has 0 aliphatic rings. The van der Waals surface area contributed by atoms with Crippen LogP contribution < -0.4 is 5.32 Å². The van der Waals surface area contributed by atoms with Crippen molar-refractivity contribution in [2.75, 3.05) is 5.32 Å². The molecule has 1 amide bonds. The number of hydrogen-bond acceptors (Lipinski definition) is 3. The zero-order valence-electron chi connectivity index (χ0n) is 11.6. The molecule has 0 unspecified atom stereocenters. The fraction of sp³-hybridized carbons (Fsp3) is 0.214. The number of carboxylic acid groups (broad SMARTS) is 1. The van der Waals surface area contributed by atoms with Crippen molar-refractivity contribution >= 4 is 33.5 Å². The molecule has 0 aliphatic carbocycles. The van der Waals surface area contributed by atoms with Gasteiger partial charge < -0.3 is 15.0 Å². The number of nitrogens with one attached hydrogen (secondary N) is 1. The maximum Gasteiger partial charge on any atom is 0.335 e. The number of anilines is 1. The molecule has 0 bridgehead atoms. The largest absolute Gasteiger partial charge is 0.478 e. The van der Waals surface area contributed by atoms with Gasteiger partial charge in [0.05, 0.1) is 11.8 Å². The highest BCUT2D eigenvalue weighted by molar-refractivity contribution is 9.10. The molecule has 0 saturated heterocycles. The number of hydrogen-bond donors (Lipinski definition) is 2. The van der Waals surface area contributed by atoms with Gasteiger partial charge in [-0.05, 0) is 46.1 Å². The topological polar surface area (TPSA) is 84.2 Å². The Labute approximate surface area is 129 Å². The molecule has 1 heterocycles. The van der Waals surface area contributed by atoms with Gasteiger partial charge in [0, 0.05) is 12.7 Å². The van der Waals surface area contributed by atoms with E-state index in [2.05, 4.69) is 26.2 Å². The summed E-state index contributed by atoms with van der Waals surface area (Å²) in [4.78, 5) is 27.2. The summed E-state index contributed by atoms with van der Waals surface area (Å²) in [6, 6.07) is 4.73. The number of carbonyl (C=O) groups is 2. The number of imidazole rings is 1. The van der Waals surface area contributed by atoms with Gasteiger partial charge in [-0.25, -0.2) is 9.78 Å². The van der Waals surface area contributed by atoms with Gasteiger partial charge in [0.15, 0.2) is 5.82 Å². The lowest BCUT2D eigenvalue weighted by Crippen LogP contribution is -2.17. The van der Waals surface area contributed by atoms with E-state index in [0.29, 0.717) is 22.3 Å². The molecular weight excluding hydrogens is 338 g/mol. The lowest BCUT2D eigenvalue weighted by atomic mass is 10.0. The first-order chi connectivity index (χ1) is 9.93. The predicted octanol–water partition coefficient (Wildman–Crippen LogP) is 2.70. The number of aromatic carboxylic acids is 1. The lowest BCUT2D eigenvalue weighted by molar-refractivity contribution is 0.0695. The van der Waals surface area contributed by atoms with E-state index in [1.54, 1.807) is 29.9 Å². The molecule has 0 aliphatic heterocycles. The number of benzene rings is 1. The summed E-state index contributed by atoms with van der Waals surface area (Å²) < 4.78 is 2.31. The average Bonchev–Trinajstić information content (AvgIpc) is 2.78. The van der Waals surface area contributed by atoms with Gasteiger partial charge in [-0.1, -0.05) is 6.92 Å². The van der Waals surface area contributed by atoms with Gasteiger partial charge >= 0.3 is 5.97 Å². The fourth-order valence-corrected chi connectivity index (χ4v) is 2.23. The maximum absolute atomic E-state index is 12.1. The van der Waals surface area contributed by atoms with Crippen LogP contribution in [0.5, 0.6) is 0 Å². The molecule has 0 radical (unpaired) electrons. The van der Waals surface area contributed by atoms with E-state index < -0.39 is 5.97 Å². The Kier molecular flexibility index (Phi) is 4.42. The molecule has 7 heteroatoms. The highest BCUT2D eigenvalue weighted by Gasteiger charge is 2.15. The Morgan fingerprint density at radius 1 is 1.43 bits per heavy atom. The summed E-state index contributed by atoms with van der Waals surface area (Å²) in [5, 5.41) is 11.8. The SMILES string of the molecule is CCc1cc(NC(=O)c2ncc(Br)n2C)ccc1C(=O)O. The molecule has 2 rings (SSSR count). The number of halogens is 1. The van der Waals surface area contributed by atoms with Crippen LogP contribution in [0.4, 0.5) is 5.69 Å². The lowest BCUT2D eigenvalue weighted by Gasteiger charge is -2.09. The minimum Gasteiger partial charge on any atom is -0.478 e. The molecule has 2 aromatic rings. The Hall–Kier alpha value is -2.15. The first-order valence-corrected chi connectivity index (χ1v) is 7.08. The highest BCUT2D eigenvalue weighted by atomic mass is 79.9. The van der Waals surface area contributed by atoms with Crippen molar-refractivity contribution in [3.05, 3.63) is 46.0 Å². The van der Waals surface area contributed by atoms with Crippen molar-refractivity contribution in [1.82, 2.24) is 9.55 Å². The Morgan fingerprint density at radius 3 is 2.67 bits per heavy atom. The van der Waals surface area contributed by atoms with Crippen molar-refractivity contribution in [2.45, 2.75) is 13.3 Å². The zero-order valence-corrected chi connectivity index (χ0v) is 13.1. The molecule has 0 fully saturated rings. The van der Waals surface area contributed by atoms with Crippen LogP contribution in [0, 0.1) is 0 Å². The molecule has 1 aromatic heterocycles. The van der Waals surface area contributed by atoms with Crippen LogP contribution in [0.2, 0.25) is 0 Å². The summed E-state index contributed by atoms with van der Waals surface area (Å²) in [6.45, 7) is 1.86. The number of nitrogens with zero attached hydrogens (tertiary/aromatic N) is 2. The van der Waals surface area contributed by atoms with Gasteiger partial charge in [-0.15, -0.1) is 0 Å². The first kappa shape index (κ1) is 15.2. The smallest absolute Gasteiger partial charge is 0.335 e. The van der Waals surface area contributed by atoms with Gasteiger partial charge in [0.25, 0.3) is 5.91 Å². The Morgan fingerprint density at radius 2 is 2.14 bits per heavy atom. The quantitative estimate of drug-likeness (QED) is 0.886. The Bertz CT molecular complexity index is 709. The second-order valence-electron chi connectivity index (χ2n) is 4.45. The molecular formula is C14H14BrN3O3. The third-order valence-corrected chi connectivity index (χ3v) is 3.85. The first-order valence-electron chi connectivity index (χ1n) is 6.28. The van der Waals surface area contributed by atoms with Crippen LogP contribution in [0.1, 0.15) is 33.5 Å². The maximum atomic E-state index is 12.1. The summed E-state index contributed by atoms with van der Waals surface area (Å²) in [5.74, 6) is -1.06. The van der Waals surface area contributed by atoms with Crippen LogP contribution in [0.15, 0.2) is 29.0 Å². The molecule has 6 nitrogen and oxygen atoms in total. The normalized spacial score (nSPS) is 10.4. The number of rotatable bonds is 4. The van der Waals surface area contributed by atoms with Crippen molar-refractivity contribution < 1.29 is 14.7 Å². The number of aryl methyl sites for hydroxylation is 1. The van der Waals surface area contributed by atoms with Crippen LogP contribution >= 0.6 is 15.9 Å². The van der Waals surface area contributed by atoms with Crippen molar-refractivity contribution in [3.63, 3.8) is 0 Å². The van der Waals surface area contributed by atoms with Gasteiger partial charge in [-0.2, -0.15) is 0 Å². The van der Waals surface area contributed by atoms with Crippen molar-refractivity contribution in [1.29, 1.82) is 0 Å². The molecule has 0 saturated carbocycles. The molecule has 110 valence electrons. The van der Waals surface area contributed by atoms with E-state index in [1.165, 1.54) is 6.07 Å². The molecule has 0 atom stereocenters. The molecule has 2 N–H and O–H groups in total. The summed E-state index contributed by atoms with van der Waals surface area (Å²) in [5.41, 5.74) is 1.46. The molecule has 0 spiro atoms. The molecule has 1 aromatic carbocycles. The highest BCUT2D eigenvalue weighted by Crippen LogP contribution is 2.18. The summed E-state index contributed by atoms with van der Waals surface area (Å²) >= 11 is 3.27. The van der Waals surface area contributed by atoms with Crippen LogP contribution in [0.25, 0.3) is 0 Å². The second kappa shape index (κ2) is 6.09. The van der Waals surface area contributed by atoms with E-state index in [4.69, 9.17) is 5.11 Å². The van der Waals surface area contributed by atoms with E-state index in [1.807, 2.05) is 6.92 Å². The van der Waals surface area contributed by atoms with Crippen LogP contribution in [-0.4, -0.2) is 26.5 Å². The minimum atomic E-state index is -0.974. The minimum absolute atomic E-state index is 0.246. The third kappa shape index (κ3) is 3.13. The monoisotopic (exact) mass is 351 g/mol. The number of aromatic nitrogens is 2. The van der Waals surface area contributed by atoms with Gasteiger partial charge in [-0.3, -0.25) is 4.79 Å². The standard InChI is InChI=1S/C14H14BrN3O3/c1-3-8-6-9(4-5-10(8)14(20)21)17-13(19)12-16-7-11(15)18(12)2/h4-7H,3H2,1-2H3,(H,17,19)(H,20,21). The van der Waals surface area contributed by atoms with Crippen LogP contribution in [-0.2, 0) is 13.5 Å². The fourth-order valence-electron chi connectivity index (χ4n) is 1.96. The van der Waals surface area contributed by atoms with E-state index in [-0.39, 0.29) is 17.3 Å². The number of carboxylic acids is 1. The predicted molar refractivity (Wildman–Crippen MR) is 81.6 cm³/mol. The van der Waals surface area contributed by atoms with Crippen LogP contribution in [0.3, 0.4) is 0 Å². The average molecular weight is 352 g/mol. The van der Waals surface area contributed by atoms with Crippen molar-refractivity contribution in [2.24, 2.45) is 7.05 Å². The Balaban J connectivity index is 2.26. The number of amides is 1. The van der Waals surface area contributed by atoms with E-state index in [9.17, 15) is 9.59 Å². The van der Waals surface area contributed by atoms with E-state index in [0.717, 1.165) is 0 Å².